The maximum atomic E-state index is 13.6. The first-order valence-corrected chi connectivity index (χ1v) is 10.5. The van der Waals surface area contributed by atoms with Crippen LogP contribution < -0.4 is 0 Å². The van der Waals surface area contributed by atoms with Crippen LogP contribution in [0.15, 0.2) is 54.1 Å². The van der Waals surface area contributed by atoms with Gasteiger partial charge in [-0.2, -0.15) is 0 Å². The van der Waals surface area contributed by atoms with E-state index in [-0.39, 0.29) is 24.5 Å². The summed E-state index contributed by atoms with van der Waals surface area (Å²) in [4.78, 5) is 39.1. The normalized spacial score (nSPS) is 21.7. The molecule has 2 atom stereocenters. The van der Waals surface area contributed by atoms with Crippen molar-refractivity contribution in [3.05, 3.63) is 75.3 Å². The zero-order valence-electron chi connectivity index (χ0n) is 17.0. The number of ketones is 1. The summed E-state index contributed by atoms with van der Waals surface area (Å²) >= 11 is 12.1. The summed E-state index contributed by atoms with van der Waals surface area (Å²) in [6.45, 7) is 0. The number of rotatable bonds is 4. The smallest absolute Gasteiger partial charge is 0.323 e. The van der Waals surface area contributed by atoms with Gasteiger partial charge in [0.15, 0.2) is 11.2 Å². The highest BCUT2D eigenvalue weighted by molar-refractivity contribution is 6.31. The number of ether oxygens (including phenoxy) is 2. The van der Waals surface area contributed by atoms with Crippen molar-refractivity contribution in [3.63, 3.8) is 0 Å². The number of hydrogen-bond donors (Lipinski definition) is 0. The second-order valence-electron chi connectivity index (χ2n) is 7.85. The van der Waals surface area contributed by atoms with Gasteiger partial charge in [-0.3, -0.25) is 14.4 Å². The average molecular weight is 459 g/mol. The topological polar surface area (TPSA) is 69.7 Å². The summed E-state index contributed by atoms with van der Waals surface area (Å²) in [6, 6.07) is 14.1. The Hall–Kier alpha value is -2.63. The van der Waals surface area contributed by atoms with Gasteiger partial charge in [0, 0.05) is 15.6 Å². The molecule has 2 aromatic carbocycles. The van der Waals surface area contributed by atoms with E-state index < -0.39 is 23.3 Å². The molecule has 0 spiro atoms. The highest BCUT2D eigenvalue weighted by atomic mass is 35.5. The lowest BCUT2D eigenvalue weighted by Crippen LogP contribution is -2.39. The van der Waals surface area contributed by atoms with E-state index in [4.69, 9.17) is 32.7 Å². The number of methoxy groups -OCH3 is 2. The lowest BCUT2D eigenvalue weighted by Gasteiger charge is -2.25. The Labute approximate surface area is 189 Å². The maximum Gasteiger partial charge on any atom is 0.323 e. The van der Waals surface area contributed by atoms with Gasteiger partial charge in [-0.1, -0.05) is 53.0 Å². The number of hydrogen-bond acceptors (Lipinski definition) is 5. The fourth-order valence-corrected chi connectivity index (χ4v) is 5.15. The Kier molecular flexibility index (Phi) is 5.67. The van der Waals surface area contributed by atoms with E-state index in [0.29, 0.717) is 21.2 Å². The SMILES string of the molecule is COC(=O)C1(C(=O)OC)CC2=C(c3ccc(Cl)cc3)C(=O)C(c3ccc(Cl)cc3)C2C1. The zero-order valence-corrected chi connectivity index (χ0v) is 18.5. The minimum Gasteiger partial charge on any atom is -0.468 e. The molecule has 2 aliphatic rings. The molecular formula is C24H20Cl2O5. The molecule has 1 saturated carbocycles. The van der Waals surface area contributed by atoms with Crippen LogP contribution in [0.25, 0.3) is 5.57 Å². The van der Waals surface area contributed by atoms with Crippen LogP contribution in [0.2, 0.25) is 10.0 Å². The van der Waals surface area contributed by atoms with Crippen LogP contribution in [0.5, 0.6) is 0 Å². The van der Waals surface area contributed by atoms with Crippen LogP contribution in [0.4, 0.5) is 0 Å². The number of carbonyl (C=O) groups excluding carboxylic acids is 3. The fourth-order valence-electron chi connectivity index (χ4n) is 4.90. The standard InChI is InChI=1S/C24H20Cl2O5/c1-30-22(28)24(23(29)31-2)11-17-18(12-24)20(14-5-9-16(26)10-6-14)21(27)19(17)13-3-7-15(25)8-4-13/h3-10,17,19H,11-12H2,1-2H3. The van der Waals surface area contributed by atoms with Crippen LogP contribution in [-0.2, 0) is 23.9 Å². The van der Waals surface area contributed by atoms with Gasteiger partial charge in [0.2, 0.25) is 0 Å². The first-order chi connectivity index (χ1) is 14.8. The molecule has 2 aliphatic carbocycles. The monoisotopic (exact) mass is 458 g/mol. The molecule has 1 fully saturated rings. The first-order valence-electron chi connectivity index (χ1n) is 9.78. The van der Waals surface area contributed by atoms with Crippen LogP contribution in [0.3, 0.4) is 0 Å². The van der Waals surface area contributed by atoms with Crippen LogP contribution in [0, 0.1) is 11.3 Å². The minimum absolute atomic E-state index is 0.0482. The molecule has 0 amide bonds. The third kappa shape index (κ3) is 3.46. The van der Waals surface area contributed by atoms with Crippen molar-refractivity contribution in [2.45, 2.75) is 18.8 Å². The van der Waals surface area contributed by atoms with Gasteiger partial charge in [0.1, 0.15) is 0 Å². The van der Waals surface area contributed by atoms with E-state index in [0.717, 1.165) is 11.1 Å². The Morgan fingerprint density at radius 3 is 1.94 bits per heavy atom. The summed E-state index contributed by atoms with van der Waals surface area (Å²) < 4.78 is 9.97. The van der Waals surface area contributed by atoms with Crippen molar-refractivity contribution in [1.82, 2.24) is 0 Å². The van der Waals surface area contributed by atoms with Crippen molar-refractivity contribution < 1.29 is 23.9 Å². The van der Waals surface area contributed by atoms with Crippen LogP contribution in [0.1, 0.15) is 29.9 Å². The molecule has 0 heterocycles. The van der Waals surface area contributed by atoms with E-state index in [1.54, 1.807) is 36.4 Å². The fraction of sp³-hybridized carbons (Fsp3) is 0.292. The number of halogens is 2. The molecular weight excluding hydrogens is 439 g/mol. The Morgan fingerprint density at radius 2 is 1.42 bits per heavy atom. The molecule has 2 aromatic rings. The van der Waals surface area contributed by atoms with Crippen molar-refractivity contribution in [1.29, 1.82) is 0 Å². The summed E-state index contributed by atoms with van der Waals surface area (Å²) in [5.41, 5.74) is 1.30. The van der Waals surface area contributed by atoms with Gasteiger partial charge in [0.05, 0.1) is 20.1 Å². The molecule has 31 heavy (non-hydrogen) atoms. The number of fused-ring (bicyclic) bond motifs is 1. The zero-order chi connectivity index (χ0) is 22.3. The number of allylic oxidation sites excluding steroid dienone is 2. The number of esters is 2. The third-order valence-corrected chi connectivity index (χ3v) is 6.78. The Balaban J connectivity index is 1.89. The molecule has 0 bridgehead atoms. The molecule has 5 nitrogen and oxygen atoms in total. The summed E-state index contributed by atoms with van der Waals surface area (Å²) in [7, 11) is 2.49. The molecule has 0 aromatic heterocycles. The van der Waals surface area contributed by atoms with Gasteiger partial charge in [-0.25, -0.2) is 0 Å². The number of benzene rings is 2. The van der Waals surface area contributed by atoms with E-state index in [1.807, 2.05) is 12.1 Å². The predicted molar refractivity (Wildman–Crippen MR) is 117 cm³/mol. The van der Waals surface area contributed by atoms with E-state index in [2.05, 4.69) is 0 Å². The van der Waals surface area contributed by atoms with Crippen LogP contribution in [-0.4, -0.2) is 31.9 Å². The maximum absolute atomic E-state index is 13.6. The van der Waals surface area contributed by atoms with E-state index >= 15 is 0 Å². The minimum atomic E-state index is -1.48. The first kappa shape index (κ1) is 21.6. The Bertz CT molecular complexity index is 1070. The third-order valence-electron chi connectivity index (χ3n) is 6.27. The molecule has 0 radical (unpaired) electrons. The van der Waals surface area contributed by atoms with Gasteiger partial charge in [-0.05, 0) is 54.2 Å². The average Bonchev–Trinajstić information content (AvgIpc) is 3.27. The Morgan fingerprint density at radius 1 is 0.903 bits per heavy atom. The second-order valence-corrected chi connectivity index (χ2v) is 8.73. The van der Waals surface area contributed by atoms with Crippen molar-refractivity contribution in [2.75, 3.05) is 14.2 Å². The van der Waals surface area contributed by atoms with Gasteiger partial charge in [0.25, 0.3) is 0 Å². The molecule has 2 unspecified atom stereocenters. The second kappa shape index (κ2) is 8.13. The predicted octanol–water partition coefficient (Wildman–Crippen LogP) is 4.86. The van der Waals surface area contributed by atoms with Gasteiger partial charge < -0.3 is 9.47 Å². The summed E-state index contributed by atoms with van der Waals surface area (Å²) in [5.74, 6) is -2.22. The summed E-state index contributed by atoms with van der Waals surface area (Å²) in [6.07, 6.45) is 0.211. The molecule has 0 saturated heterocycles. The van der Waals surface area contributed by atoms with Crippen LogP contribution >= 0.6 is 23.2 Å². The van der Waals surface area contributed by atoms with Crippen molar-refractivity contribution in [2.24, 2.45) is 11.3 Å². The van der Waals surface area contributed by atoms with Gasteiger partial charge >= 0.3 is 11.9 Å². The quantitative estimate of drug-likeness (QED) is 0.483. The molecule has 0 N–H and O–H groups in total. The molecule has 4 rings (SSSR count). The van der Waals surface area contributed by atoms with E-state index in [1.165, 1.54) is 14.2 Å². The van der Waals surface area contributed by atoms with Crippen molar-refractivity contribution >= 4 is 46.5 Å². The van der Waals surface area contributed by atoms with Gasteiger partial charge in [-0.15, -0.1) is 0 Å². The number of carbonyl (C=O) groups is 3. The van der Waals surface area contributed by atoms with Crippen molar-refractivity contribution in [3.8, 4) is 0 Å². The molecule has 0 aliphatic heterocycles. The highest BCUT2D eigenvalue weighted by Crippen LogP contribution is 2.59. The highest BCUT2D eigenvalue weighted by Gasteiger charge is 2.61. The molecule has 7 heteroatoms. The van der Waals surface area contributed by atoms with E-state index in [9.17, 15) is 14.4 Å². The lowest BCUT2D eigenvalue weighted by molar-refractivity contribution is -0.169. The number of Topliss-reactive ketones (excluding diaryl/α,β-unsaturated/α-hetero) is 1. The summed E-state index contributed by atoms with van der Waals surface area (Å²) in [5, 5.41) is 1.11. The lowest BCUT2D eigenvalue weighted by atomic mass is 9.79. The largest absolute Gasteiger partial charge is 0.468 e. The molecule has 160 valence electrons.